The van der Waals surface area contributed by atoms with Gasteiger partial charge in [0.15, 0.2) is 5.78 Å². The normalized spacial score (nSPS) is 10.0. The van der Waals surface area contributed by atoms with Crippen LogP contribution >= 0.6 is 12.6 Å². The van der Waals surface area contributed by atoms with Crippen molar-refractivity contribution in [2.24, 2.45) is 0 Å². The Morgan fingerprint density at radius 2 is 2.19 bits per heavy atom. The molecule has 0 unspecified atom stereocenters. The van der Waals surface area contributed by atoms with Gasteiger partial charge in [0.1, 0.15) is 5.75 Å². The zero-order valence-corrected chi connectivity index (χ0v) is 10.7. The van der Waals surface area contributed by atoms with Crippen LogP contribution < -0.4 is 10.1 Å². The molecule has 88 valence electrons. The Hall–Kier alpha value is -1.16. The Bertz CT molecular complexity index is 391. The molecule has 0 fully saturated rings. The number of Topliss-reactive ketones (excluding diaryl/α,β-unsaturated/α-hetero) is 1. The number of hydrogen-bond donors (Lipinski definition) is 2. The van der Waals surface area contributed by atoms with Gasteiger partial charge < -0.3 is 10.1 Å². The average molecular weight is 239 g/mol. The molecular formula is C12H17NO2S. The van der Waals surface area contributed by atoms with Crippen LogP contribution in [-0.2, 0) is 0 Å². The lowest BCUT2D eigenvalue weighted by Gasteiger charge is -2.13. The third-order valence-electron chi connectivity index (χ3n) is 2.26. The van der Waals surface area contributed by atoms with Gasteiger partial charge in [-0.05, 0) is 19.4 Å². The van der Waals surface area contributed by atoms with Gasteiger partial charge in [0.05, 0.1) is 7.11 Å². The average Bonchev–Trinajstić information content (AvgIpc) is 2.26. The van der Waals surface area contributed by atoms with E-state index in [1.54, 1.807) is 20.1 Å². The third-order valence-corrected chi connectivity index (χ3v) is 2.61. The van der Waals surface area contributed by atoms with Crippen LogP contribution in [0.3, 0.4) is 0 Å². The maximum absolute atomic E-state index is 11.5. The lowest BCUT2D eigenvalue weighted by molar-refractivity contribution is 0.101. The second kappa shape index (κ2) is 5.80. The molecule has 0 aliphatic rings. The molecule has 16 heavy (non-hydrogen) atoms. The molecule has 0 aliphatic heterocycles. The number of carbonyl (C=O) groups excluding carboxylic acids is 1. The van der Waals surface area contributed by atoms with Crippen molar-refractivity contribution < 1.29 is 9.53 Å². The summed E-state index contributed by atoms with van der Waals surface area (Å²) in [6.07, 6.45) is 1.00. The molecule has 0 saturated heterocycles. The Balaban J connectivity index is 3.14. The van der Waals surface area contributed by atoms with Crippen molar-refractivity contribution in [1.29, 1.82) is 0 Å². The Labute approximate surface area is 102 Å². The molecule has 1 N–H and O–H groups in total. The van der Waals surface area contributed by atoms with E-state index in [-0.39, 0.29) is 5.78 Å². The largest absolute Gasteiger partial charge is 0.496 e. The fourth-order valence-electron chi connectivity index (χ4n) is 1.43. The maximum Gasteiger partial charge on any atom is 0.161 e. The van der Waals surface area contributed by atoms with Crippen LogP contribution in [0.5, 0.6) is 5.75 Å². The molecule has 1 aromatic rings. The van der Waals surface area contributed by atoms with E-state index in [0.717, 1.165) is 18.7 Å². The van der Waals surface area contributed by atoms with Crippen LogP contribution in [0.1, 0.15) is 30.6 Å². The van der Waals surface area contributed by atoms with Crippen molar-refractivity contribution in [2.75, 3.05) is 19.0 Å². The van der Waals surface area contributed by atoms with E-state index in [0.29, 0.717) is 16.2 Å². The van der Waals surface area contributed by atoms with Crippen LogP contribution in [0, 0.1) is 0 Å². The number of thiol groups is 1. The molecule has 1 aromatic carbocycles. The van der Waals surface area contributed by atoms with E-state index in [9.17, 15) is 4.79 Å². The Kier molecular flexibility index (Phi) is 4.68. The molecule has 1 rings (SSSR count). The summed E-state index contributed by atoms with van der Waals surface area (Å²) < 4.78 is 5.17. The molecule has 0 radical (unpaired) electrons. The number of benzene rings is 1. The molecule has 0 spiro atoms. The van der Waals surface area contributed by atoms with Crippen molar-refractivity contribution >= 4 is 24.1 Å². The van der Waals surface area contributed by atoms with E-state index in [2.05, 4.69) is 24.9 Å². The number of carbonyl (C=O) groups is 1. The molecule has 0 atom stereocenters. The highest BCUT2D eigenvalue weighted by molar-refractivity contribution is 7.80. The van der Waals surface area contributed by atoms with Gasteiger partial charge in [-0.25, -0.2) is 0 Å². The van der Waals surface area contributed by atoms with Gasteiger partial charge in [-0.3, -0.25) is 4.79 Å². The van der Waals surface area contributed by atoms with E-state index < -0.39 is 0 Å². The summed E-state index contributed by atoms with van der Waals surface area (Å²) in [4.78, 5) is 12.1. The van der Waals surface area contributed by atoms with Crippen LogP contribution in [0.2, 0.25) is 0 Å². The first-order valence-corrected chi connectivity index (χ1v) is 5.70. The number of ketones is 1. The monoisotopic (exact) mass is 239 g/mol. The SMILES string of the molecule is CCCNc1cc(OC)c(S)cc1C(C)=O. The lowest BCUT2D eigenvalue weighted by atomic mass is 10.1. The number of rotatable bonds is 5. The van der Waals surface area contributed by atoms with Gasteiger partial charge in [0.2, 0.25) is 0 Å². The zero-order valence-electron chi connectivity index (χ0n) is 9.83. The van der Waals surface area contributed by atoms with Crippen molar-refractivity contribution in [1.82, 2.24) is 0 Å². The molecule has 3 nitrogen and oxygen atoms in total. The molecule has 0 saturated carbocycles. The van der Waals surface area contributed by atoms with Crippen molar-refractivity contribution in [3.63, 3.8) is 0 Å². The predicted molar refractivity (Wildman–Crippen MR) is 69.0 cm³/mol. The van der Waals surface area contributed by atoms with Crippen LogP contribution in [0.4, 0.5) is 5.69 Å². The smallest absolute Gasteiger partial charge is 0.161 e. The number of ether oxygens (including phenoxy) is 1. The Morgan fingerprint density at radius 3 is 2.69 bits per heavy atom. The van der Waals surface area contributed by atoms with Gasteiger partial charge in [-0.1, -0.05) is 6.92 Å². The van der Waals surface area contributed by atoms with Crippen molar-refractivity contribution in [2.45, 2.75) is 25.2 Å². The van der Waals surface area contributed by atoms with Crippen LogP contribution in [0.25, 0.3) is 0 Å². The predicted octanol–water partition coefficient (Wildman–Crippen LogP) is 3.01. The summed E-state index contributed by atoms with van der Waals surface area (Å²) in [5, 5.41) is 3.21. The Morgan fingerprint density at radius 1 is 1.50 bits per heavy atom. The fraction of sp³-hybridized carbons (Fsp3) is 0.417. The van der Waals surface area contributed by atoms with Gasteiger partial charge in [-0.15, -0.1) is 12.6 Å². The fourth-order valence-corrected chi connectivity index (χ4v) is 1.71. The summed E-state index contributed by atoms with van der Waals surface area (Å²) in [6, 6.07) is 3.55. The van der Waals surface area contributed by atoms with Gasteiger partial charge >= 0.3 is 0 Å². The zero-order chi connectivity index (χ0) is 12.1. The second-order valence-electron chi connectivity index (χ2n) is 3.55. The topological polar surface area (TPSA) is 38.3 Å². The summed E-state index contributed by atoms with van der Waals surface area (Å²) in [5.74, 6) is 0.698. The lowest BCUT2D eigenvalue weighted by Crippen LogP contribution is -2.06. The molecule has 0 bridgehead atoms. The van der Waals surface area contributed by atoms with E-state index in [1.807, 2.05) is 6.07 Å². The number of nitrogens with one attached hydrogen (secondary N) is 1. The molecule has 0 heterocycles. The first-order valence-electron chi connectivity index (χ1n) is 5.26. The van der Waals surface area contributed by atoms with Gasteiger partial charge in [0, 0.05) is 28.8 Å². The highest BCUT2D eigenvalue weighted by Gasteiger charge is 2.11. The summed E-state index contributed by atoms with van der Waals surface area (Å²) in [5.41, 5.74) is 1.46. The first-order chi connectivity index (χ1) is 7.60. The first kappa shape index (κ1) is 12.9. The summed E-state index contributed by atoms with van der Waals surface area (Å²) in [6.45, 7) is 4.45. The van der Waals surface area contributed by atoms with Crippen LogP contribution in [-0.4, -0.2) is 19.4 Å². The van der Waals surface area contributed by atoms with E-state index in [1.165, 1.54) is 0 Å². The van der Waals surface area contributed by atoms with Crippen molar-refractivity contribution in [3.05, 3.63) is 17.7 Å². The maximum atomic E-state index is 11.5. The number of anilines is 1. The minimum atomic E-state index is 0.0246. The highest BCUT2D eigenvalue weighted by atomic mass is 32.1. The van der Waals surface area contributed by atoms with E-state index >= 15 is 0 Å². The van der Waals surface area contributed by atoms with Gasteiger partial charge in [-0.2, -0.15) is 0 Å². The standard InChI is InChI=1S/C12H17NO2S/c1-4-5-13-10-7-11(15-3)12(16)6-9(10)8(2)14/h6-7,13,16H,4-5H2,1-3H3. The highest BCUT2D eigenvalue weighted by Crippen LogP contribution is 2.30. The summed E-state index contributed by atoms with van der Waals surface area (Å²) in [7, 11) is 1.59. The number of methoxy groups -OCH3 is 1. The quantitative estimate of drug-likeness (QED) is 0.613. The molecule has 0 aliphatic carbocycles. The van der Waals surface area contributed by atoms with Crippen molar-refractivity contribution in [3.8, 4) is 5.75 Å². The molecular weight excluding hydrogens is 222 g/mol. The minimum absolute atomic E-state index is 0.0246. The molecule has 4 heteroatoms. The second-order valence-corrected chi connectivity index (χ2v) is 4.03. The van der Waals surface area contributed by atoms with E-state index in [4.69, 9.17) is 4.74 Å². The summed E-state index contributed by atoms with van der Waals surface area (Å²) >= 11 is 4.28. The molecule has 0 amide bonds. The number of hydrogen-bond acceptors (Lipinski definition) is 4. The minimum Gasteiger partial charge on any atom is -0.496 e. The molecule has 0 aromatic heterocycles. The van der Waals surface area contributed by atoms with Gasteiger partial charge in [0.25, 0.3) is 0 Å². The third kappa shape index (κ3) is 2.92. The van der Waals surface area contributed by atoms with Crippen LogP contribution in [0.15, 0.2) is 17.0 Å².